The third-order valence-corrected chi connectivity index (χ3v) is 3.60. The predicted molar refractivity (Wildman–Crippen MR) is 85.4 cm³/mol. The van der Waals surface area contributed by atoms with Gasteiger partial charge in [0.25, 0.3) is 0 Å². The minimum atomic E-state index is -0.451. The van der Waals surface area contributed by atoms with E-state index in [1.807, 2.05) is 6.92 Å². The molecule has 1 unspecified atom stereocenters. The molecule has 1 aromatic carbocycles. The Morgan fingerprint density at radius 2 is 1.38 bits per heavy atom. The largest absolute Gasteiger partial charge is 0.311 e. The zero-order chi connectivity index (χ0) is 16.0. The van der Waals surface area contributed by atoms with Crippen molar-refractivity contribution < 1.29 is 8.78 Å². The van der Waals surface area contributed by atoms with E-state index in [0.29, 0.717) is 24.3 Å². The van der Waals surface area contributed by atoms with E-state index in [1.165, 1.54) is 18.2 Å². The monoisotopic (exact) mass is 297 g/mol. The minimum Gasteiger partial charge on any atom is -0.311 e. The average Bonchev–Trinajstić information content (AvgIpc) is 2.32. The van der Waals surface area contributed by atoms with Gasteiger partial charge in [-0.05, 0) is 50.2 Å². The molecule has 0 aromatic heterocycles. The van der Waals surface area contributed by atoms with Gasteiger partial charge in [-0.25, -0.2) is 8.78 Å². The molecule has 0 aliphatic carbocycles. The number of nitrogens with one attached hydrogen (secondary N) is 1. The Labute approximate surface area is 128 Å². The Hall–Kier alpha value is -0.960. The standard InChI is InChI=1S/C18H29F2N/c1-12(2)9-15(10-13(3)4)21-14(5)11-16-17(19)7-6-8-18(16)20/h6-8,12-15,21H,9-11H2,1-5H3. The van der Waals surface area contributed by atoms with Gasteiger partial charge < -0.3 is 5.32 Å². The van der Waals surface area contributed by atoms with Crippen LogP contribution < -0.4 is 5.32 Å². The molecule has 1 nitrogen and oxygen atoms in total. The fraction of sp³-hybridized carbons (Fsp3) is 0.667. The minimum absolute atomic E-state index is 0.0545. The van der Waals surface area contributed by atoms with Crippen molar-refractivity contribution in [2.75, 3.05) is 0 Å². The van der Waals surface area contributed by atoms with Crippen LogP contribution in [0.15, 0.2) is 18.2 Å². The zero-order valence-corrected chi connectivity index (χ0v) is 13.9. The maximum atomic E-state index is 13.7. The van der Waals surface area contributed by atoms with Crippen molar-refractivity contribution in [3.8, 4) is 0 Å². The summed E-state index contributed by atoms with van der Waals surface area (Å²) >= 11 is 0. The van der Waals surface area contributed by atoms with Crippen LogP contribution in [0.3, 0.4) is 0 Å². The lowest BCUT2D eigenvalue weighted by atomic mass is 9.94. The van der Waals surface area contributed by atoms with Gasteiger partial charge in [0.05, 0.1) is 0 Å². The summed E-state index contributed by atoms with van der Waals surface area (Å²) in [5, 5.41) is 3.55. The van der Waals surface area contributed by atoms with Gasteiger partial charge >= 0.3 is 0 Å². The molecule has 21 heavy (non-hydrogen) atoms. The third kappa shape index (κ3) is 6.56. The molecule has 0 saturated carbocycles. The van der Waals surface area contributed by atoms with Crippen molar-refractivity contribution in [1.82, 2.24) is 5.32 Å². The van der Waals surface area contributed by atoms with E-state index in [2.05, 4.69) is 33.0 Å². The second-order valence-electron chi connectivity index (χ2n) is 6.93. The van der Waals surface area contributed by atoms with E-state index in [-0.39, 0.29) is 11.6 Å². The van der Waals surface area contributed by atoms with Crippen LogP contribution in [0.1, 0.15) is 53.0 Å². The van der Waals surface area contributed by atoms with Crippen LogP contribution in [-0.4, -0.2) is 12.1 Å². The second kappa shape index (κ2) is 8.47. The van der Waals surface area contributed by atoms with Crippen LogP contribution in [0.25, 0.3) is 0 Å². The molecule has 0 aliphatic heterocycles. The van der Waals surface area contributed by atoms with Gasteiger partial charge in [-0.1, -0.05) is 33.8 Å². The molecular formula is C18H29F2N. The summed E-state index contributed by atoms with van der Waals surface area (Å²) in [6.07, 6.45) is 2.55. The Bertz CT molecular complexity index is 399. The molecule has 1 N–H and O–H groups in total. The van der Waals surface area contributed by atoms with Crippen LogP contribution in [0.2, 0.25) is 0 Å². The SMILES string of the molecule is CC(C)CC(CC(C)C)NC(C)Cc1c(F)cccc1F. The van der Waals surface area contributed by atoms with E-state index in [4.69, 9.17) is 0 Å². The molecular weight excluding hydrogens is 268 g/mol. The lowest BCUT2D eigenvalue weighted by molar-refractivity contribution is 0.329. The molecule has 1 atom stereocenters. The molecule has 0 bridgehead atoms. The van der Waals surface area contributed by atoms with E-state index in [1.54, 1.807) is 0 Å². The van der Waals surface area contributed by atoms with E-state index < -0.39 is 11.6 Å². The highest BCUT2D eigenvalue weighted by molar-refractivity contribution is 5.20. The van der Waals surface area contributed by atoms with Gasteiger partial charge in [0, 0.05) is 17.6 Å². The Balaban J connectivity index is 2.66. The van der Waals surface area contributed by atoms with Crippen LogP contribution in [0.5, 0.6) is 0 Å². The van der Waals surface area contributed by atoms with Gasteiger partial charge in [-0.15, -0.1) is 0 Å². The van der Waals surface area contributed by atoms with Gasteiger partial charge in [0.2, 0.25) is 0 Å². The van der Waals surface area contributed by atoms with Crippen molar-refractivity contribution in [2.24, 2.45) is 11.8 Å². The molecule has 0 heterocycles. The first-order valence-electron chi connectivity index (χ1n) is 7.98. The number of hydrogen-bond donors (Lipinski definition) is 1. The average molecular weight is 297 g/mol. The van der Waals surface area contributed by atoms with Crippen molar-refractivity contribution in [1.29, 1.82) is 0 Å². The van der Waals surface area contributed by atoms with Crippen LogP contribution in [0, 0.1) is 23.5 Å². The maximum Gasteiger partial charge on any atom is 0.129 e. The molecule has 1 rings (SSSR count). The summed E-state index contributed by atoms with van der Waals surface area (Å²) < 4.78 is 27.4. The van der Waals surface area contributed by atoms with Gasteiger partial charge in [-0.2, -0.15) is 0 Å². The maximum absolute atomic E-state index is 13.7. The van der Waals surface area contributed by atoms with Crippen LogP contribution >= 0.6 is 0 Å². The first-order valence-corrected chi connectivity index (χ1v) is 7.98. The lowest BCUT2D eigenvalue weighted by Crippen LogP contribution is -2.39. The number of rotatable bonds is 8. The summed E-state index contributed by atoms with van der Waals surface area (Å²) in [4.78, 5) is 0. The summed E-state index contributed by atoms with van der Waals surface area (Å²) in [6, 6.07) is 4.51. The van der Waals surface area contributed by atoms with Gasteiger partial charge in [-0.3, -0.25) is 0 Å². The molecule has 1 aromatic rings. The summed E-state index contributed by atoms with van der Waals surface area (Å²) in [5.74, 6) is 0.318. The summed E-state index contributed by atoms with van der Waals surface area (Å²) in [5.41, 5.74) is 0.186. The van der Waals surface area contributed by atoms with Gasteiger partial charge in [0.1, 0.15) is 11.6 Å². The van der Waals surface area contributed by atoms with E-state index >= 15 is 0 Å². The zero-order valence-electron chi connectivity index (χ0n) is 13.9. The van der Waals surface area contributed by atoms with E-state index in [0.717, 1.165) is 12.8 Å². The van der Waals surface area contributed by atoms with Crippen LogP contribution in [0.4, 0.5) is 8.78 Å². The van der Waals surface area contributed by atoms with Crippen LogP contribution in [-0.2, 0) is 6.42 Å². The highest BCUT2D eigenvalue weighted by Gasteiger charge is 2.18. The van der Waals surface area contributed by atoms with Crippen molar-refractivity contribution >= 4 is 0 Å². The smallest absolute Gasteiger partial charge is 0.129 e. The molecule has 0 spiro atoms. The highest BCUT2D eigenvalue weighted by Crippen LogP contribution is 2.17. The number of hydrogen-bond acceptors (Lipinski definition) is 1. The fourth-order valence-electron chi connectivity index (χ4n) is 2.87. The number of benzene rings is 1. The normalized spacial score (nSPS) is 13.4. The van der Waals surface area contributed by atoms with E-state index in [9.17, 15) is 8.78 Å². The summed E-state index contributed by atoms with van der Waals surface area (Å²) in [7, 11) is 0. The Kier molecular flexibility index (Phi) is 7.30. The van der Waals surface area contributed by atoms with Crippen molar-refractivity contribution in [3.63, 3.8) is 0 Å². The Morgan fingerprint density at radius 3 is 1.81 bits per heavy atom. The molecule has 0 radical (unpaired) electrons. The third-order valence-electron chi connectivity index (χ3n) is 3.60. The molecule has 3 heteroatoms. The topological polar surface area (TPSA) is 12.0 Å². The van der Waals surface area contributed by atoms with Crippen molar-refractivity contribution in [2.45, 2.75) is 66.0 Å². The first-order chi connectivity index (χ1) is 9.79. The predicted octanol–water partition coefficient (Wildman–Crippen LogP) is 4.95. The second-order valence-corrected chi connectivity index (χ2v) is 6.93. The molecule has 0 amide bonds. The quantitative estimate of drug-likeness (QED) is 0.716. The lowest BCUT2D eigenvalue weighted by Gasteiger charge is -2.26. The molecule has 0 saturated heterocycles. The van der Waals surface area contributed by atoms with Gasteiger partial charge in [0.15, 0.2) is 0 Å². The Morgan fingerprint density at radius 1 is 0.905 bits per heavy atom. The van der Waals surface area contributed by atoms with Crippen molar-refractivity contribution in [3.05, 3.63) is 35.4 Å². The molecule has 0 fully saturated rings. The highest BCUT2D eigenvalue weighted by atomic mass is 19.1. The number of halogens is 2. The molecule has 0 aliphatic rings. The molecule has 120 valence electrons. The summed E-state index contributed by atoms with van der Waals surface area (Å²) in [6.45, 7) is 10.8. The first kappa shape index (κ1) is 18.1. The fourth-order valence-corrected chi connectivity index (χ4v) is 2.87.